The lowest BCUT2D eigenvalue weighted by Gasteiger charge is -2.37. The Hall–Kier alpha value is -4.02. The van der Waals surface area contributed by atoms with Crippen LogP contribution in [0.5, 0.6) is 0 Å². The van der Waals surface area contributed by atoms with Crippen LogP contribution in [0.2, 0.25) is 0 Å². The van der Waals surface area contributed by atoms with Crippen LogP contribution >= 0.6 is 24.0 Å². The maximum Gasteiger partial charge on any atom is 0.267 e. The molecule has 0 bridgehead atoms. The summed E-state index contributed by atoms with van der Waals surface area (Å²) in [5.41, 5.74) is 3.51. The zero-order valence-electron chi connectivity index (χ0n) is 21.8. The number of rotatable bonds is 5. The van der Waals surface area contributed by atoms with Crippen LogP contribution in [0.15, 0.2) is 82.6 Å². The van der Waals surface area contributed by atoms with Gasteiger partial charge in [-0.05, 0) is 54.5 Å². The number of hydrogen-bond donors (Lipinski definition) is 0. The molecular weight excluding hydrogens is 545 g/mol. The summed E-state index contributed by atoms with van der Waals surface area (Å²) >= 11 is 6.75. The maximum atomic E-state index is 13.8. The molecular formula is C30H26FN5O2S2. The molecule has 2 aliphatic heterocycles. The summed E-state index contributed by atoms with van der Waals surface area (Å²) in [6.07, 6.45) is 3.35. The minimum absolute atomic E-state index is 0.223. The fourth-order valence-electron chi connectivity index (χ4n) is 5.03. The number of amides is 1. The number of aromatic nitrogens is 2. The average molecular weight is 572 g/mol. The number of nitrogens with zero attached hydrogens (tertiary/aromatic N) is 5. The quantitative estimate of drug-likeness (QED) is 0.250. The number of hydrogen-bond acceptors (Lipinski definition) is 7. The van der Waals surface area contributed by atoms with Gasteiger partial charge in [-0.3, -0.25) is 18.9 Å². The number of fused-ring (bicyclic) bond motifs is 1. The highest BCUT2D eigenvalue weighted by Gasteiger charge is 2.33. The molecule has 40 heavy (non-hydrogen) atoms. The summed E-state index contributed by atoms with van der Waals surface area (Å²) in [5, 5.41) is 0. The molecule has 4 aromatic rings. The minimum Gasteiger partial charge on any atom is -0.368 e. The Kier molecular flexibility index (Phi) is 7.12. The van der Waals surface area contributed by atoms with Gasteiger partial charge in [0.15, 0.2) is 0 Å². The molecule has 202 valence electrons. The highest BCUT2D eigenvalue weighted by atomic mass is 32.2. The van der Waals surface area contributed by atoms with Gasteiger partial charge >= 0.3 is 0 Å². The minimum atomic E-state index is -0.266. The number of aryl methyl sites for hydroxylation is 1. The van der Waals surface area contributed by atoms with Crippen LogP contribution in [-0.2, 0) is 11.3 Å². The van der Waals surface area contributed by atoms with E-state index in [-0.39, 0.29) is 17.3 Å². The van der Waals surface area contributed by atoms with Crippen LogP contribution in [0.3, 0.4) is 0 Å². The van der Waals surface area contributed by atoms with Gasteiger partial charge in [0, 0.05) is 38.1 Å². The van der Waals surface area contributed by atoms with Crippen molar-refractivity contribution >= 4 is 57.4 Å². The van der Waals surface area contributed by atoms with Crippen molar-refractivity contribution in [3.05, 3.63) is 111 Å². The molecule has 2 saturated heterocycles. The molecule has 1 amide bonds. The summed E-state index contributed by atoms with van der Waals surface area (Å²) in [5.74, 6) is 0.0588. The van der Waals surface area contributed by atoms with Crippen LogP contribution in [0, 0.1) is 12.7 Å². The number of thiocarbonyl (C=S) groups is 1. The van der Waals surface area contributed by atoms with E-state index in [9.17, 15) is 14.0 Å². The predicted octanol–water partition coefficient (Wildman–Crippen LogP) is 4.87. The van der Waals surface area contributed by atoms with E-state index in [2.05, 4.69) is 9.80 Å². The standard InChI is InChI=1S/C30H26FN5O2S2/c1-20-6-5-13-35-26(20)32-27(34-16-14-33(15-17-34)23-11-9-22(31)10-12-23)24(28(35)37)18-25-29(38)36(30(39)40-25)19-21-7-3-2-4-8-21/h2-13,18H,14-17,19H2,1H3/b25-18+. The normalized spacial score (nSPS) is 16.9. The molecule has 7 nitrogen and oxygen atoms in total. The average Bonchev–Trinajstić information content (AvgIpc) is 3.23. The van der Waals surface area contributed by atoms with Gasteiger partial charge in [0.1, 0.15) is 21.6 Å². The van der Waals surface area contributed by atoms with Gasteiger partial charge in [0.05, 0.1) is 17.0 Å². The third-order valence-corrected chi connectivity index (χ3v) is 8.55. The van der Waals surface area contributed by atoms with Crippen molar-refractivity contribution in [1.29, 1.82) is 0 Å². The second-order valence-electron chi connectivity index (χ2n) is 9.74. The number of carbonyl (C=O) groups excluding carboxylic acids is 1. The third-order valence-electron chi connectivity index (χ3n) is 7.17. The SMILES string of the molecule is Cc1cccn2c(=O)c(/C=C3/SC(=S)N(Cc4ccccc4)C3=O)c(N3CCN(c4ccc(F)cc4)CC3)nc12. The Morgan fingerprint density at radius 3 is 2.38 bits per heavy atom. The van der Waals surface area contributed by atoms with E-state index in [4.69, 9.17) is 17.2 Å². The van der Waals surface area contributed by atoms with Crippen molar-refractivity contribution in [2.75, 3.05) is 36.0 Å². The lowest BCUT2D eigenvalue weighted by Crippen LogP contribution is -2.47. The Morgan fingerprint density at radius 1 is 0.950 bits per heavy atom. The van der Waals surface area contributed by atoms with Crippen LogP contribution < -0.4 is 15.4 Å². The van der Waals surface area contributed by atoms with Crippen molar-refractivity contribution in [2.45, 2.75) is 13.5 Å². The highest BCUT2D eigenvalue weighted by Crippen LogP contribution is 2.35. The number of pyridine rings is 1. The topological polar surface area (TPSA) is 61.2 Å². The van der Waals surface area contributed by atoms with Crippen molar-refractivity contribution in [3.8, 4) is 0 Å². The first kappa shape index (κ1) is 26.2. The smallest absolute Gasteiger partial charge is 0.267 e. The fraction of sp³-hybridized carbons (Fsp3) is 0.200. The number of piperazine rings is 1. The Morgan fingerprint density at radius 2 is 1.65 bits per heavy atom. The van der Waals surface area contributed by atoms with Crippen LogP contribution in [0.4, 0.5) is 15.9 Å². The Bertz CT molecular complexity index is 1700. The first-order chi connectivity index (χ1) is 19.4. The zero-order valence-corrected chi connectivity index (χ0v) is 23.4. The first-order valence-corrected chi connectivity index (χ1v) is 14.2. The number of halogens is 1. The van der Waals surface area contributed by atoms with Crippen LogP contribution in [-0.4, -0.2) is 50.7 Å². The number of thioether (sulfide) groups is 1. The lowest BCUT2D eigenvalue weighted by molar-refractivity contribution is -0.122. The molecule has 2 aliphatic rings. The first-order valence-electron chi connectivity index (χ1n) is 13.0. The second-order valence-corrected chi connectivity index (χ2v) is 11.4. The van der Waals surface area contributed by atoms with E-state index in [0.29, 0.717) is 59.0 Å². The van der Waals surface area contributed by atoms with E-state index in [0.717, 1.165) is 16.8 Å². The van der Waals surface area contributed by atoms with Crippen molar-refractivity contribution < 1.29 is 9.18 Å². The molecule has 0 radical (unpaired) electrons. The molecule has 4 heterocycles. The van der Waals surface area contributed by atoms with Gasteiger partial charge in [0.2, 0.25) is 0 Å². The molecule has 2 aromatic heterocycles. The lowest BCUT2D eigenvalue weighted by atomic mass is 10.2. The molecule has 0 unspecified atom stereocenters. The number of benzene rings is 2. The van der Waals surface area contributed by atoms with Gasteiger partial charge < -0.3 is 9.80 Å². The molecule has 6 rings (SSSR count). The summed E-state index contributed by atoms with van der Waals surface area (Å²) in [6, 6.07) is 19.9. The van der Waals surface area contributed by atoms with Gasteiger partial charge in [0.25, 0.3) is 11.5 Å². The summed E-state index contributed by atoms with van der Waals surface area (Å²) in [6.45, 7) is 4.88. The largest absolute Gasteiger partial charge is 0.368 e. The highest BCUT2D eigenvalue weighted by molar-refractivity contribution is 8.26. The van der Waals surface area contributed by atoms with Crippen molar-refractivity contribution in [3.63, 3.8) is 0 Å². The predicted molar refractivity (Wildman–Crippen MR) is 162 cm³/mol. The monoisotopic (exact) mass is 571 g/mol. The van der Waals surface area contributed by atoms with E-state index < -0.39 is 0 Å². The van der Waals surface area contributed by atoms with Crippen LogP contribution in [0.25, 0.3) is 11.7 Å². The van der Waals surface area contributed by atoms with Gasteiger partial charge in [-0.1, -0.05) is 60.4 Å². The summed E-state index contributed by atoms with van der Waals surface area (Å²) < 4.78 is 15.4. The van der Waals surface area contributed by atoms with Gasteiger partial charge in [-0.15, -0.1) is 0 Å². The molecule has 10 heteroatoms. The molecule has 0 aliphatic carbocycles. The van der Waals surface area contributed by atoms with Crippen molar-refractivity contribution in [1.82, 2.24) is 14.3 Å². The van der Waals surface area contributed by atoms with E-state index in [1.165, 1.54) is 28.3 Å². The molecule has 0 atom stereocenters. The Labute approximate surface area is 240 Å². The number of carbonyl (C=O) groups is 1. The third kappa shape index (κ3) is 5.00. The summed E-state index contributed by atoms with van der Waals surface area (Å²) in [7, 11) is 0. The zero-order chi connectivity index (χ0) is 27.8. The Balaban J connectivity index is 1.35. The van der Waals surface area contributed by atoms with Crippen LogP contribution in [0.1, 0.15) is 16.7 Å². The fourth-order valence-corrected chi connectivity index (χ4v) is 6.27. The van der Waals surface area contributed by atoms with E-state index in [1.54, 1.807) is 29.3 Å². The molecule has 0 saturated carbocycles. The number of anilines is 2. The van der Waals surface area contributed by atoms with Gasteiger partial charge in [-0.2, -0.15) is 0 Å². The van der Waals surface area contributed by atoms with E-state index in [1.807, 2.05) is 49.4 Å². The van der Waals surface area contributed by atoms with Crippen molar-refractivity contribution in [2.24, 2.45) is 0 Å². The molecule has 0 spiro atoms. The molecule has 2 aromatic carbocycles. The maximum absolute atomic E-state index is 13.8. The molecule has 0 N–H and O–H groups in total. The summed E-state index contributed by atoms with van der Waals surface area (Å²) in [4.78, 5) is 38.5. The molecule has 2 fully saturated rings. The second kappa shape index (κ2) is 10.9. The van der Waals surface area contributed by atoms with E-state index >= 15 is 0 Å². The van der Waals surface area contributed by atoms with Gasteiger partial charge in [-0.25, -0.2) is 9.37 Å².